The molecule has 1 N–H and O–H groups in total. The first kappa shape index (κ1) is 23.9. The van der Waals surface area contributed by atoms with Gasteiger partial charge in [-0.15, -0.1) is 0 Å². The molecule has 34 heavy (non-hydrogen) atoms. The van der Waals surface area contributed by atoms with Crippen LogP contribution in [0.4, 0.5) is 9.59 Å². The van der Waals surface area contributed by atoms with Crippen LogP contribution in [0.2, 0.25) is 0 Å². The molecule has 0 radical (unpaired) electrons. The zero-order valence-electron chi connectivity index (χ0n) is 20.4. The van der Waals surface area contributed by atoms with Crippen molar-refractivity contribution in [3.63, 3.8) is 0 Å². The second-order valence-corrected chi connectivity index (χ2v) is 10.5. The van der Waals surface area contributed by atoms with Gasteiger partial charge >= 0.3 is 12.2 Å². The van der Waals surface area contributed by atoms with E-state index < -0.39 is 17.2 Å². The summed E-state index contributed by atoms with van der Waals surface area (Å²) in [5, 5.41) is 2.91. The maximum absolute atomic E-state index is 12.4. The fraction of sp³-hybridized carbons (Fsp3) is 0.500. The van der Waals surface area contributed by atoms with Gasteiger partial charge in [-0.25, -0.2) is 14.6 Å². The standard InChI is InChI=1S/C26H33N3O5/c1-25(2,3)34-24(31)29-14-19-20(15-29)22(19)33-21-13-18(11-12-27-21)26(4,5)28-23(30)32-16-17-9-7-6-8-10-17/h6-13,19-20,22H,14-16H2,1-5H3,(H,28,30)/t19-,20+,22?. The summed E-state index contributed by atoms with van der Waals surface area (Å²) in [5.41, 5.74) is 0.603. The van der Waals surface area contributed by atoms with Gasteiger partial charge in [0.15, 0.2) is 0 Å². The zero-order chi connectivity index (χ0) is 24.5. The van der Waals surface area contributed by atoms with Gasteiger partial charge < -0.3 is 24.4 Å². The number of carbonyl (C=O) groups excluding carboxylic acids is 2. The molecular weight excluding hydrogens is 434 g/mol. The zero-order valence-corrected chi connectivity index (χ0v) is 20.4. The highest BCUT2D eigenvalue weighted by Crippen LogP contribution is 2.48. The number of amides is 2. The number of carbonyl (C=O) groups is 2. The van der Waals surface area contributed by atoms with Gasteiger partial charge in [0, 0.05) is 37.2 Å². The van der Waals surface area contributed by atoms with Crippen molar-refractivity contribution < 1.29 is 23.8 Å². The first-order valence-electron chi connectivity index (χ1n) is 11.6. The van der Waals surface area contributed by atoms with Gasteiger partial charge in [-0.2, -0.15) is 0 Å². The Balaban J connectivity index is 1.29. The number of benzene rings is 1. The van der Waals surface area contributed by atoms with E-state index in [0.717, 1.165) is 11.1 Å². The monoisotopic (exact) mass is 467 g/mol. The molecule has 2 amide bonds. The third-order valence-corrected chi connectivity index (χ3v) is 6.11. The maximum atomic E-state index is 12.4. The first-order chi connectivity index (χ1) is 16.0. The van der Waals surface area contributed by atoms with Crippen LogP contribution in [0, 0.1) is 11.8 Å². The minimum atomic E-state index is -0.679. The first-order valence-corrected chi connectivity index (χ1v) is 11.6. The van der Waals surface area contributed by atoms with Crippen LogP contribution >= 0.6 is 0 Å². The van der Waals surface area contributed by atoms with Crippen LogP contribution in [0.3, 0.4) is 0 Å². The summed E-state index contributed by atoms with van der Waals surface area (Å²) in [5.74, 6) is 1.09. The lowest BCUT2D eigenvalue weighted by Gasteiger charge is -2.27. The van der Waals surface area contributed by atoms with Crippen molar-refractivity contribution in [1.29, 1.82) is 0 Å². The molecule has 1 aromatic heterocycles. The minimum absolute atomic E-state index is 0.0355. The van der Waals surface area contributed by atoms with Crippen LogP contribution in [0.15, 0.2) is 48.7 Å². The summed E-state index contributed by atoms with van der Waals surface area (Å²) in [6, 6.07) is 13.2. The SMILES string of the molecule is CC(C)(C)OC(=O)N1C[C@@H]2C(Oc3cc(C(C)(C)NC(=O)OCc4ccccc4)ccn3)[C@@H]2C1. The lowest BCUT2D eigenvalue weighted by molar-refractivity contribution is 0.0252. The molecule has 1 aliphatic heterocycles. The van der Waals surface area contributed by atoms with Crippen LogP contribution in [0.5, 0.6) is 5.88 Å². The van der Waals surface area contributed by atoms with Crippen molar-refractivity contribution in [2.75, 3.05) is 13.1 Å². The van der Waals surface area contributed by atoms with E-state index in [1.165, 1.54) is 0 Å². The molecule has 2 aromatic rings. The van der Waals surface area contributed by atoms with E-state index in [1.54, 1.807) is 11.1 Å². The van der Waals surface area contributed by atoms with E-state index in [-0.39, 0.29) is 30.6 Å². The number of pyridine rings is 1. The molecule has 2 heterocycles. The van der Waals surface area contributed by atoms with Crippen LogP contribution in [-0.2, 0) is 21.6 Å². The predicted molar refractivity (Wildman–Crippen MR) is 126 cm³/mol. The molecule has 8 nitrogen and oxygen atoms in total. The maximum Gasteiger partial charge on any atom is 0.410 e. The molecule has 1 aliphatic carbocycles. The summed E-state index contributed by atoms with van der Waals surface area (Å²) in [4.78, 5) is 30.7. The van der Waals surface area contributed by atoms with Crippen LogP contribution in [0.25, 0.3) is 0 Å². The van der Waals surface area contributed by atoms with Gasteiger partial charge in [-0.3, -0.25) is 0 Å². The number of hydrogen-bond donors (Lipinski definition) is 1. The fourth-order valence-corrected chi connectivity index (χ4v) is 4.21. The fourth-order valence-electron chi connectivity index (χ4n) is 4.21. The number of alkyl carbamates (subject to hydrolysis) is 1. The topological polar surface area (TPSA) is 90.0 Å². The molecule has 0 spiro atoms. The Morgan fingerprint density at radius 2 is 1.74 bits per heavy atom. The number of rotatable bonds is 6. The number of hydrogen-bond acceptors (Lipinski definition) is 6. The number of nitrogens with one attached hydrogen (secondary N) is 1. The van der Waals surface area contributed by atoms with Crippen molar-refractivity contribution in [2.45, 2.75) is 58.5 Å². The number of aromatic nitrogens is 1. The average molecular weight is 468 g/mol. The van der Waals surface area contributed by atoms with Crippen molar-refractivity contribution in [3.8, 4) is 5.88 Å². The normalized spacial score (nSPS) is 21.4. The van der Waals surface area contributed by atoms with E-state index in [1.807, 2.05) is 77.1 Å². The molecule has 2 fully saturated rings. The number of nitrogens with zero attached hydrogens (tertiary/aromatic N) is 2. The van der Waals surface area contributed by atoms with Crippen LogP contribution in [-0.4, -0.2) is 46.9 Å². The van der Waals surface area contributed by atoms with Crippen molar-refractivity contribution in [3.05, 3.63) is 59.8 Å². The van der Waals surface area contributed by atoms with Gasteiger partial charge in [-0.1, -0.05) is 30.3 Å². The van der Waals surface area contributed by atoms with Gasteiger partial charge in [0.2, 0.25) is 5.88 Å². The second-order valence-electron chi connectivity index (χ2n) is 10.5. The Hall–Kier alpha value is -3.29. The lowest BCUT2D eigenvalue weighted by atomic mass is 9.95. The van der Waals surface area contributed by atoms with Gasteiger partial charge in [0.25, 0.3) is 0 Å². The van der Waals surface area contributed by atoms with Gasteiger partial charge in [0.05, 0.1) is 5.54 Å². The Morgan fingerprint density at radius 1 is 1.06 bits per heavy atom. The predicted octanol–water partition coefficient (Wildman–Crippen LogP) is 4.49. The van der Waals surface area contributed by atoms with E-state index in [0.29, 0.717) is 19.0 Å². The van der Waals surface area contributed by atoms with Crippen LogP contribution in [0.1, 0.15) is 45.7 Å². The van der Waals surface area contributed by atoms with E-state index in [2.05, 4.69) is 10.3 Å². The molecule has 182 valence electrons. The third-order valence-electron chi connectivity index (χ3n) is 6.11. The highest BCUT2D eigenvalue weighted by Gasteiger charge is 2.59. The average Bonchev–Trinajstić information content (AvgIpc) is 3.19. The number of fused-ring (bicyclic) bond motifs is 1. The van der Waals surface area contributed by atoms with Gasteiger partial charge in [0.1, 0.15) is 18.3 Å². The summed E-state index contributed by atoms with van der Waals surface area (Å²) in [7, 11) is 0. The Kier molecular flexibility index (Phi) is 6.43. The Morgan fingerprint density at radius 3 is 2.38 bits per heavy atom. The van der Waals surface area contributed by atoms with E-state index in [9.17, 15) is 9.59 Å². The minimum Gasteiger partial charge on any atom is -0.474 e. The Labute approximate surface area is 200 Å². The quantitative estimate of drug-likeness (QED) is 0.673. The van der Waals surface area contributed by atoms with Crippen molar-refractivity contribution >= 4 is 12.2 Å². The summed E-state index contributed by atoms with van der Waals surface area (Å²) < 4.78 is 17.0. The number of piperidine rings is 1. The molecule has 1 saturated carbocycles. The molecular formula is C26H33N3O5. The lowest BCUT2D eigenvalue weighted by Crippen LogP contribution is -2.41. The van der Waals surface area contributed by atoms with Crippen molar-refractivity contribution in [1.82, 2.24) is 15.2 Å². The molecule has 1 unspecified atom stereocenters. The molecule has 1 saturated heterocycles. The summed E-state index contributed by atoms with van der Waals surface area (Å²) >= 11 is 0. The smallest absolute Gasteiger partial charge is 0.410 e. The van der Waals surface area contributed by atoms with E-state index >= 15 is 0 Å². The molecule has 2 aliphatic rings. The molecule has 1 aromatic carbocycles. The number of ether oxygens (including phenoxy) is 3. The van der Waals surface area contributed by atoms with Crippen molar-refractivity contribution in [2.24, 2.45) is 11.8 Å². The van der Waals surface area contributed by atoms with Crippen LogP contribution < -0.4 is 10.1 Å². The third kappa shape index (κ3) is 5.79. The van der Waals surface area contributed by atoms with Gasteiger partial charge in [-0.05, 0) is 51.8 Å². The Bertz CT molecular complexity index is 1020. The van der Waals surface area contributed by atoms with E-state index in [4.69, 9.17) is 14.2 Å². The molecule has 4 rings (SSSR count). The summed E-state index contributed by atoms with van der Waals surface area (Å²) in [6.45, 7) is 10.9. The largest absolute Gasteiger partial charge is 0.474 e. The highest BCUT2D eigenvalue weighted by atomic mass is 16.6. The highest BCUT2D eigenvalue weighted by molar-refractivity contribution is 5.69. The molecule has 3 atom stereocenters. The summed E-state index contributed by atoms with van der Waals surface area (Å²) in [6.07, 6.45) is 0.945. The number of likely N-dealkylation sites (tertiary alicyclic amines) is 1. The molecule has 0 bridgehead atoms. The molecule has 8 heteroatoms. The second kappa shape index (κ2) is 9.16.